The summed E-state index contributed by atoms with van der Waals surface area (Å²) in [6, 6.07) is 8.44. The number of hydrogen-bond acceptors (Lipinski definition) is 6. The van der Waals surface area contributed by atoms with Crippen LogP contribution >= 0.6 is 0 Å². The van der Waals surface area contributed by atoms with E-state index in [0.717, 1.165) is 44.8 Å². The van der Waals surface area contributed by atoms with Crippen molar-refractivity contribution in [3.8, 4) is 11.3 Å². The van der Waals surface area contributed by atoms with E-state index in [0.29, 0.717) is 17.2 Å². The van der Waals surface area contributed by atoms with Crippen molar-refractivity contribution in [3.05, 3.63) is 66.6 Å². The van der Waals surface area contributed by atoms with Gasteiger partial charge in [-0.25, -0.2) is 14.4 Å². The van der Waals surface area contributed by atoms with Gasteiger partial charge in [0.15, 0.2) is 0 Å². The lowest BCUT2D eigenvalue weighted by Gasteiger charge is -2.34. The highest BCUT2D eigenvalue weighted by atomic mass is 19.1. The average Bonchev–Trinajstić information content (AvgIpc) is 2.74. The second-order valence-corrected chi connectivity index (χ2v) is 6.50. The molecule has 0 radical (unpaired) electrons. The number of hydrogen-bond donors (Lipinski definition) is 0. The van der Waals surface area contributed by atoms with Gasteiger partial charge in [0.05, 0.1) is 11.4 Å². The number of nitrogens with zero attached hydrogens (tertiary/aromatic N) is 6. The lowest BCUT2D eigenvalue weighted by atomic mass is 10.1. The average molecular weight is 364 g/mol. The van der Waals surface area contributed by atoms with E-state index < -0.39 is 0 Å². The Bertz CT molecular complexity index is 880. The Balaban J connectivity index is 1.37. The molecular formula is C20H21FN6. The summed E-state index contributed by atoms with van der Waals surface area (Å²) in [6.45, 7) is 4.53. The van der Waals surface area contributed by atoms with Crippen LogP contribution in [0.15, 0.2) is 55.1 Å². The van der Waals surface area contributed by atoms with E-state index in [9.17, 15) is 4.39 Å². The molecule has 0 unspecified atom stereocenters. The van der Waals surface area contributed by atoms with Gasteiger partial charge in [-0.15, -0.1) is 0 Å². The molecule has 0 bridgehead atoms. The molecule has 1 aromatic carbocycles. The summed E-state index contributed by atoms with van der Waals surface area (Å²) in [5.41, 5.74) is 2.13. The van der Waals surface area contributed by atoms with Crippen LogP contribution < -0.4 is 4.90 Å². The molecule has 3 heterocycles. The van der Waals surface area contributed by atoms with E-state index in [4.69, 9.17) is 0 Å². The van der Waals surface area contributed by atoms with Gasteiger partial charge < -0.3 is 4.90 Å². The van der Waals surface area contributed by atoms with E-state index in [1.807, 2.05) is 12.3 Å². The first-order valence-electron chi connectivity index (χ1n) is 9.10. The van der Waals surface area contributed by atoms with Crippen LogP contribution in [0.2, 0.25) is 0 Å². The number of aromatic nitrogens is 4. The molecule has 0 amide bonds. The van der Waals surface area contributed by atoms with Crippen molar-refractivity contribution >= 4 is 5.95 Å². The summed E-state index contributed by atoms with van der Waals surface area (Å²) >= 11 is 0. The molecule has 1 aliphatic rings. The van der Waals surface area contributed by atoms with Gasteiger partial charge in [-0.05, 0) is 18.2 Å². The number of rotatable bonds is 5. The van der Waals surface area contributed by atoms with Crippen LogP contribution in [-0.4, -0.2) is 57.6 Å². The number of piperazine rings is 1. The second kappa shape index (κ2) is 8.18. The van der Waals surface area contributed by atoms with E-state index in [1.54, 1.807) is 36.8 Å². The minimum atomic E-state index is -0.268. The zero-order chi connectivity index (χ0) is 18.5. The van der Waals surface area contributed by atoms with Crippen molar-refractivity contribution in [3.63, 3.8) is 0 Å². The summed E-state index contributed by atoms with van der Waals surface area (Å²) < 4.78 is 14.0. The molecule has 27 heavy (non-hydrogen) atoms. The van der Waals surface area contributed by atoms with Gasteiger partial charge in [-0.2, -0.15) is 0 Å². The highest BCUT2D eigenvalue weighted by molar-refractivity contribution is 5.60. The maximum atomic E-state index is 14.0. The quantitative estimate of drug-likeness (QED) is 0.693. The Morgan fingerprint density at radius 1 is 0.926 bits per heavy atom. The van der Waals surface area contributed by atoms with Gasteiger partial charge in [0.25, 0.3) is 0 Å². The summed E-state index contributed by atoms with van der Waals surface area (Å²) in [5.74, 6) is 0.389. The first-order chi connectivity index (χ1) is 13.3. The largest absolute Gasteiger partial charge is 0.338 e. The maximum absolute atomic E-state index is 14.0. The molecule has 6 nitrogen and oxygen atoms in total. The summed E-state index contributed by atoms with van der Waals surface area (Å²) in [4.78, 5) is 22.0. The standard InChI is InChI=1S/C20H21FN6/c21-18-4-2-1-3-17(18)19-5-7-24-20(25-19)27-13-11-26(12-14-27)10-6-16-15-22-8-9-23-16/h1-5,7-9,15H,6,10-14H2. The lowest BCUT2D eigenvalue weighted by molar-refractivity contribution is 0.259. The Hall–Kier alpha value is -2.93. The van der Waals surface area contributed by atoms with Crippen LogP contribution in [0.5, 0.6) is 0 Å². The second-order valence-electron chi connectivity index (χ2n) is 6.50. The molecule has 7 heteroatoms. The molecule has 0 spiro atoms. The topological polar surface area (TPSA) is 58.0 Å². The zero-order valence-electron chi connectivity index (χ0n) is 15.0. The number of halogens is 1. The van der Waals surface area contributed by atoms with E-state index >= 15 is 0 Å². The molecule has 2 aromatic heterocycles. The zero-order valence-corrected chi connectivity index (χ0v) is 15.0. The fourth-order valence-corrected chi connectivity index (χ4v) is 3.22. The highest BCUT2D eigenvalue weighted by Crippen LogP contribution is 2.22. The Kier molecular flexibility index (Phi) is 5.29. The Morgan fingerprint density at radius 2 is 1.78 bits per heavy atom. The van der Waals surface area contributed by atoms with Gasteiger partial charge in [-0.1, -0.05) is 12.1 Å². The van der Waals surface area contributed by atoms with Crippen LogP contribution in [0.3, 0.4) is 0 Å². The number of anilines is 1. The third-order valence-corrected chi connectivity index (χ3v) is 4.75. The predicted octanol–water partition coefficient (Wildman–Crippen LogP) is 2.44. The highest BCUT2D eigenvalue weighted by Gasteiger charge is 2.19. The van der Waals surface area contributed by atoms with Gasteiger partial charge in [0, 0.05) is 69.5 Å². The Labute approximate surface area is 157 Å². The minimum absolute atomic E-state index is 0.268. The molecule has 3 aromatic rings. The molecular weight excluding hydrogens is 343 g/mol. The van der Waals surface area contributed by atoms with E-state index in [-0.39, 0.29) is 5.82 Å². The molecule has 1 saturated heterocycles. The maximum Gasteiger partial charge on any atom is 0.225 e. The molecule has 0 atom stereocenters. The monoisotopic (exact) mass is 364 g/mol. The van der Waals surface area contributed by atoms with Crippen molar-refractivity contribution in [2.75, 3.05) is 37.6 Å². The van der Waals surface area contributed by atoms with Crippen molar-refractivity contribution < 1.29 is 4.39 Å². The van der Waals surface area contributed by atoms with E-state index in [1.165, 1.54) is 6.07 Å². The van der Waals surface area contributed by atoms with Crippen molar-refractivity contribution in [1.82, 2.24) is 24.8 Å². The fourth-order valence-electron chi connectivity index (χ4n) is 3.22. The summed E-state index contributed by atoms with van der Waals surface area (Å²) in [6.07, 6.45) is 7.83. The Morgan fingerprint density at radius 3 is 2.56 bits per heavy atom. The fraction of sp³-hybridized carbons (Fsp3) is 0.300. The molecule has 1 fully saturated rings. The van der Waals surface area contributed by atoms with E-state index in [2.05, 4.69) is 29.7 Å². The third-order valence-electron chi connectivity index (χ3n) is 4.75. The van der Waals surface area contributed by atoms with Gasteiger partial charge >= 0.3 is 0 Å². The summed E-state index contributed by atoms with van der Waals surface area (Å²) in [7, 11) is 0. The SMILES string of the molecule is Fc1ccccc1-c1ccnc(N2CCN(CCc3cnccn3)CC2)n1. The molecule has 4 rings (SSSR count). The van der Waals surface area contributed by atoms with Crippen LogP contribution in [-0.2, 0) is 6.42 Å². The molecule has 0 saturated carbocycles. The van der Waals surface area contributed by atoms with Crippen LogP contribution in [0, 0.1) is 5.82 Å². The smallest absolute Gasteiger partial charge is 0.225 e. The van der Waals surface area contributed by atoms with Crippen molar-refractivity contribution in [2.24, 2.45) is 0 Å². The molecule has 138 valence electrons. The van der Waals surface area contributed by atoms with Crippen LogP contribution in [0.4, 0.5) is 10.3 Å². The first-order valence-corrected chi connectivity index (χ1v) is 9.10. The lowest BCUT2D eigenvalue weighted by Crippen LogP contribution is -2.47. The molecule has 1 aliphatic heterocycles. The first kappa shape index (κ1) is 17.5. The van der Waals surface area contributed by atoms with Crippen molar-refractivity contribution in [1.29, 1.82) is 0 Å². The molecule has 0 N–H and O–H groups in total. The summed E-state index contributed by atoms with van der Waals surface area (Å²) in [5, 5.41) is 0. The van der Waals surface area contributed by atoms with Gasteiger partial charge in [-0.3, -0.25) is 14.9 Å². The number of benzene rings is 1. The van der Waals surface area contributed by atoms with Crippen LogP contribution in [0.1, 0.15) is 5.69 Å². The van der Waals surface area contributed by atoms with Crippen molar-refractivity contribution in [2.45, 2.75) is 6.42 Å². The minimum Gasteiger partial charge on any atom is -0.338 e. The predicted molar refractivity (Wildman–Crippen MR) is 102 cm³/mol. The van der Waals surface area contributed by atoms with Gasteiger partial charge in [0.2, 0.25) is 5.95 Å². The third kappa shape index (κ3) is 4.25. The van der Waals surface area contributed by atoms with Crippen LogP contribution in [0.25, 0.3) is 11.3 Å². The van der Waals surface area contributed by atoms with Gasteiger partial charge in [0.1, 0.15) is 5.82 Å². The molecule has 0 aliphatic carbocycles. The normalized spacial score (nSPS) is 15.1.